The number of pyridine rings is 1. The Morgan fingerprint density at radius 1 is 0.793 bits per heavy atom. The number of benzene rings is 3. The summed E-state index contributed by atoms with van der Waals surface area (Å²) in [5, 5.41) is 8.83. The molecule has 0 spiro atoms. The molecular weight excluding hydrogens is 444 g/mol. The Labute approximate surface area is 180 Å². The van der Waals surface area contributed by atoms with Crippen molar-refractivity contribution in [1.29, 1.82) is 0 Å². The minimum absolute atomic E-state index is 0.734. The molecule has 5 rings (SSSR count). The number of aromatic nitrogens is 4. The first-order valence-corrected chi connectivity index (χ1v) is 10.7. The summed E-state index contributed by atoms with van der Waals surface area (Å²) in [6.07, 6.45) is 1.53. The first-order valence-electron chi connectivity index (χ1n) is 9.07. The van der Waals surface area contributed by atoms with Crippen LogP contribution in [0.1, 0.15) is 0 Å². The number of fused-ring (bicyclic) bond motifs is 1. The normalized spacial score (nSPS) is 11.1. The van der Waals surface area contributed by atoms with Gasteiger partial charge in [0.1, 0.15) is 6.33 Å². The van der Waals surface area contributed by atoms with Crippen molar-refractivity contribution in [3.63, 3.8) is 0 Å². The van der Waals surface area contributed by atoms with Crippen LogP contribution in [0.25, 0.3) is 33.3 Å². The molecule has 0 amide bonds. The highest BCUT2D eigenvalue weighted by Gasteiger charge is 2.20. The number of H-pyrrole nitrogens is 1. The van der Waals surface area contributed by atoms with Gasteiger partial charge in [-0.25, -0.2) is 9.97 Å². The zero-order valence-electron chi connectivity index (χ0n) is 15.2. The Kier molecular flexibility index (Phi) is 4.87. The molecule has 6 heteroatoms. The molecule has 0 aliphatic rings. The third-order valence-corrected chi connectivity index (χ3v) is 6.14. The number of halogens is 1. The first kappa shape index (κ1) is 18.1. The van der Waals surface area contributed by atoms with Crippen molar-refractivity contribution in [2.45, 2.75) is 10.1 Å². The van der Waals surface area contributed by atoms with Gasteiger partial charge in [-0.2, -0.15) is 5.10 Å². The molecule has 1 N–H and O–H groups in total. The maximum absolute atomic E-state index is 5.04. The number of hydrogen-bond acceptors (Lipinski definition) is 4. The Hall–Kier alpha value is -2.96. The summed E-state index contributed by atoms with van der Waals surface area (Å²) in [4.78, 5) is 10.4. The van der Waals surface area contributed by atoms with Gasteiger partial charge in [0.2, 0.25) is 0 Å². The van der Waals surface area contributed by atoms with Crippen LogP contribution in [-0.2, 0) is 0 Å². The van der Waals surface area contributed by atoms with Crippen LogP contribution in [0.2, 0.25) is 0 Å². The van der Waals surface area contributed by atoms with Gasteiger partial charge < -0.3 is 0 Å². The minimum Gasteiger partial charge on any atom is -0.254 e. The maximum Gasteiger partial charge on any atom is 0.188 e. The number of nitrogens with one attached hydrogen (secondary N) is 1. The molecule has 29 heavy (non-hydrogen) atoms. The van der Waals surface area contributed by atoms with Gasteiger partial charge in [-0.3, -0.25) is 5.10 Å². The van der Waals surface area contributed by atoms with Gasteiger partial charge in [0.25, 0.3) is 0 Å². The summed E-state index contributed by atoms with van der Waals surface area (Å²) in [5.41, 5.74) is 5.24. The highest BCUT2D eigenvalue weighted by atomic mass is 79.9. The van der Waals surface area contributed by atoms with E-state index in [1.165, 1.54) is 6.33 Å². The lowest BCUT2D eigenvalue weighted by molar-refractivity contribution is 0.973. The fourth-order valence-corrected chi connectivity index (χ4v) is 4.57. The average Bonchev–Trinajstić information content (AvgIpc) is 3.28. The van der Waals surface area contributed by atoms with E-state index in [2.05, 4.69) is 85.7 Å². The van der Waals surface area contributed by atoms with E-state index < -0.39 is 0 Å². The van der Waals surface area contributed by atoms with Crippen LogP contribution in [0, 0.1) is 0 Å². The van der Waals surface area contributed by atoms with Gasteiger partial charge in [0.15, 0.2) is 5.16 Å². The lowest BCUT2D eigenvalue weighted by Gasteiger charge is -2.17. The van der Waals surface area contributed by atoms with Crippen LogP contribution in [0.4, 0.5) is 0 Å². The SMILES string of the molecule is Brc1ccc(-c2nc3ccccc3c(-c3ccccc3)c2Sc2ncn[nH]2)cc1. The van der Waals surface area contributed by atoms with Gasteiger partial charge in [0, 0.05) is 21.0 Å². The van der Waals surface area contributed by atoms with Gasteiger partial charge in [-0.05, 0) is 35.5 Å². The van der Waals surface area contributed by atoms with Crippen molar-refractivity contribution >= 4 is 38.6 Å². The molecule has 140 valence electrons. The minimum atomic E-state index is 0.734. The quantitative estimate of drug-likeness (QED) is 0.329. The highest BCUT2D eigenvalue weighted by molar-refractivity contribution is 9.10. The zero-order valence-corrected chi connectivity index (χ0v) is 17.6. The average molecular weight is 459 g/mol. The van der Waals surface area contributed by atoms with E-state index in [0.29, 0.717) is 0 Å². The molecule has 0 unspecified atom stereocenters. The third-order valence-electron chi connectivity index (χ3n) is 4.62. The van der Waals surface area contributed by atoms with E-state index in [1.807, 2.05) is 24.3 Å². The molecule has 4 nitrogen and oxygen atoms in total. The van der Waals surface area contributed by atoms with Gasteiger partial charge in [-0.15, -0.1) is 0 Å². The molecule has 5 aromatic rings. The molecule has 0 saturated carbocycles. The van der Waals surface area contributed by atoms with E-state index in [0.717, 1.165) is 47.8 Å². The molecule has 0 saturated heterocycles. The second kappa shape index (κ2) is 7.81. The molecule has 0 atom stereocenters. The maximum atomic E-state index is 5.04. The van der Waals surface area contributed by atoms with Crippen LogP contribution in [0.15, 0.2) is 99.7 Å². The number of aromatic amines is 1. The summed E-state index contributed by atoms with van der Waals surface area (Å²) in [6, 6.07) is 26.9. The van der Waals surface area contributed by atoms with Crippen LogP contribution < -0.4 is 0 Å². The summed E-state index contributed by atoms with van der Waals surface area (Å²) < 4.78 is 1.04. The standard InChI is InChI=1S/C23H15BrN4S/c24-17-12-10-16(11-13-17)21-22(29-23-25-14-26-28-23)20(15-6-2-1-3-7-15)18-8-4-5-9-19(18)27-21/h1-14H,(H,25,26,28). The second-order valence-electron chi connectivity index (χ2n) is 6.45. The lowest BCUT2D eigenvalue weighted by Crippen LogP contribution is -1.95. The molecule has 2 aromatic heterocycles. The van der Waals surface area contributed by atoms with E-state index in [-0.39, 0.29) is 0 Å². The molecule has 0 aliphatic heterocycles. The van der Waals surface area contributed by atoms with Crippen molar-refractivity contribution in [2.24, 2.45) is 0 Å². The van der Waals surface area contributed by atoms with Crippen LogP contribution in [-0.4, -0.2) is 20.2 Å². The van der Waals surface area contributed by atoms with Crippen LogP contribution in [0.3, 0.4) is 0 Å². The Balaban J connectivity index is 1.86. The fraction of sp³-hybridized carbons (Fsp3) is 0. The Morgan fingerprint density at radius 2 is 1.55 bits per heavy atom. The van der Waals surface area contributed by atoms with Crippen LogP contribution in [0.5, 0.6) is 0 Å². The van der Waals surface area contributed by atoms with Gasteiger partial charge in [0.05, 0.1) is 16.1 Å². The number of rotatable bonds is 4. The molecule has 2 heterocycles. The second-order valence-corrected chi connectivity index (χ2v) is 8.36. The first-order chi connectivity index (χ1) is 14.3. The number of nitrogens with zero attached hydrogens (tertiary/aromatic N) is 3. The Bertz CT molecular complexity index is 1270. The van der Waals surface area contributed by atoms with Crippen molar-refractivity contribution in [3.8, 4) is 22.4 Å². The van der Waals surface area contributed by atoms with Crippen molar-refractivity contribution in [2.75, 3.05) is 0 Å². The molecule has 0 aliphatic carbocycles. The van der Waals surface area contributed by atoms with E-state index in [4.69, 9.17) is 4.98 Å². The fourth-order valence-electron chi connectivity index (χ4n) is 3.33. The van der Waals surface area contributed by atoms with E-state index in [9.17, 15) is 0 Å². The van der Waals surface area contributed by atoms with Gasteiger partial charge >= 0.3 is 0 Å². The lowest BCUT2D eigenvalue weighted by atomic mass is 9.98. The Morgan fingerprint density at radius 3 is 2.31 bits per heavy atom. The smallest absolute Gasteiger partial charge is 0.188 e. The largest absolute Gasteiger partial charge is 0.254 e. The van der Waals surface area contributed by atoms with Gasteiger partial charge in [-0.1, -0.05) is 76.6 Å². The molecule has 0 radical (unpaired) electrons. The summed E-state index contributed by atoms with van der Waals surface area (Å²) in [5.74, 6) is 0. The molecule has 0 fully saturated rings. The van der Waals surface area contributed by atoms with Crippen molar-refractivity contribution in [1.82, 2.24) is 20.2 Å². The van der Waals surface area contributed by atoms with Crippen molar-refractivity contribution in [3.05, 3.63) is 89.7 Å². The van der Waals surface area contributed by atoms with Crippen LogP contribution >= 0.6 is 27.7 Å². The van der Waals surface area contributed by atoms with Crippen molar-refractivity contribution < 1.29 is 0 Å². The molecule has 3 aromatic carbocycles. The predicted molar refractivity (Wildman–Crippen MR) is 121 cm³/mol. The summed E-state index contributed by atoms with van der Waals surface area (Å²) >= 11 is 5.08. The molecular formula is C23H15BrN4S. The highest BCUT2D eigenvalue weighted by Crippen LogP contribution is 2.44. The van der Waals surface area contributed by atoms with E-state index >= 15 is 0 Å². The van der Waals surface area contributed by atoms with E-state index in [1.54, 1.807) is 11.8 Å². The number of para-hydroxylation sites is 1. The predicted octanol–water partition coefficient (Wildman–Crippen LogP) is 6.60. The number of hydrogen-bond donors (Lipinski definition) is 1. The summed E-state index contributed by atoms with van der Waals surface area (Å²) in [7, 11) is 0. The zero-order chi connectivity index (χ0) is 19.6. The third kappa shape index (κ3) is 3.57. The topological polar surface area (TPSA) is 54.5 Å². The molecule has 0 bridgehead atoms. The monoisotopic (exact) mass is 458 g/mol. The summed E-state index contributed by atoms with van der Waals surface area (Å²) in [6.45, 7) is 0.